The molecule has 3 N–H and O–H groups in total. The Balaban J connectivity index is 0.00000442. The SMILES string of the molecule is CCC1=C(C)c2cc3[n-]c(cc4nc(cc5[n-]c(cc1n2)c(C)c5CC)C(CO)=C4CCC(=O)O)c(CCC(=O)O)c3C.[Fe+2]. The molecule has 230 valence electrons. The van der Waals surface area contributed by atoms with Crippen molar-refractivity contribution in [3.63, 3.8) is 0 Å². The van der Waals surface area contributed by atoms with Gasteiger partial charge >= 0.3 is 29.0 Å². The van der Waals surface area contributed by atoms with Crippen LogP contribution in [0.1, 0.15) is 91.5 Å². The molecule has 0 unspecified atom stereocenters. The maximum Gasteiger partial charge on any atom is 2.00 e. The van der Waals surface area contributed by atoms with E-state index in [1.165, 1.54) is 0 Å². The third-order valence-electron chi connectivity index (χ3n) is 8.52. The number of rotatable bonds is 9. The number of aromatic nitrogens is 4. The first-order chi connectivity index (χ1) is 20.6. The van der Waals surface area contributed by atoms with Gasteiger partial charge in [0.2, 0.25) is 0 Å². The molecular formula is C34H36FeN4O5. The average molecular weight is 637 g/mol. The molecule has 44 heavy (non-hydrogen) atoms. The van der Waals surface area contributed by atoms with Gasteiger partial charge in [0.05, 0.1) is 29.4 Å². The van der Waals surface area contributed by atoms with Crippen LogP contribution in [0.3, 0.4) is 0 Å². The molecule has 0 fully saturated rings. The maximum atomic E-state index is 11.6. The number of aliphatic carboxylic acids is 2. The van der Waals surface area contributed by atoms with Crippen LogP contribution in [0.2, 0.25) is 0 Å². The summed E-state index contributed by atoms with van der Waals surface area (Å²) in [5.41, 5.74) is 12.7. The molecule has 8 bridgehead atoms. The summed E-state index contributed by atoms with van der Waals surface area (Å²) in [4.78, 5) is 42.9. The number of aliphatic hydroxyl groups is 1. The first kappa shape index (κ1) is 32.9. The molecule has 0 atom stereocenters. The van der Waals surface area contributed by atoms with Crippen LogP contribution in [0, 0.1) is 13.8 Å². The van der Waals surface area contributed by atoms with Crippen molar-refractivity contribution in [2.24, 2.45) is 0 Å². The van der Waals surface area contributed by atoms with E-state index in [-0.39, 0.29) is 49.4 Å². The summed E-state index contributed by atoms with van der Waals surface area (Å²) < 4.78 is 0. The van der Waals surface area contributed by atoms with Gasteiger partial charge in [-0.15, -0.1) is 22.1 Å². The van der Waals surface area contributed by atoms with Crippen LogP contribution in [0.25, 0.3) is 44.4 Å². The van der Waals surface area contributed by atoms with Crippen molar-refractivity contribution in [3.05, 3.63) is 69.3 Å². The number of hydrogen-bond acceptors (Lipinski definition) is 5. The van der Waals surface area contributed by atoms with Crippen LogP contribution in [-0.2, 0) is 39.5 Å². The standard InChI is InChI=1S/C34H38N4O5.Fe/c1-6-20-17(3)25-12-26-19(5)22(8-10-33(40)41)30(37-26)15-31-23(9-11-34(42)43)24(16-39)32(38-31)14-29-21(7-2)18(4)27(36-29)13-28(20)35-25;/h12-15,39H,6-11,16H2,1-5H3,(H4,35,36,37,38,40,41,42,43);/q;+2/p-2. The Bertz CT molecular complexity index is 1880. The Morgan fingerprint density at radius 3 is 1.70 bits per heavy atom. The summed E-state index contributed by atoms with van der Waals surface area (Å²) in [5, 5.41) is 29.4. The zero-order valence-electron chi connectivity index (χ0n) is 25.6. The van der Waals surface area contributed by atoms with Gasteiger partial charge in [0, 0.05) is 18.4 Å². The van der Waals surface area contributed by atoms with Gasteiger partial charge in [-0.05, 0) is 63.2 Å². The molecule has 3 aromatic heterocycles. The minimum atomic E-state index is -0.953. The zero-order valence-corrected chi connectivity index (χ0v) is 26.7. The number of fused-ring (bicyclic) bond motifs is 8. The fraction of sp³-hybridized carbons (Fsp3) is 0.353. The van der Waals surface area contributed by atoms with Crippen molar-refractivity contribution in [2.45, 2.75) is 73.1 Å². The molecule has 5 heterocycles. The summed E-state index contributed by atoms with van der Waals surface area (Å²) in [6.45, 7) is 9.90. The molecule has 0 spiro atoms. The predicted molar refractivity (Wildman–Crippen MR) is 167 cm³/mol. The van der Waals surface area contributed by atoms with Gasteiger partial charge in [0.25, 0.3) is 0 Å². The number of carboxylic acids is 2. The Morgan fingerprint density at radius 2 is 1.14 bits per heavy atom. The van der Waals surface area contributed by atoms with Gasteiger partial charge in [0.1, 0.15) is 0 Å². The third kappa shape index (κ3) is 6.15. The first-order valence-electron chi connectivity index (χ1n) is 14.7. The molecule has 0 aliphatic carbocycles. The quantitative estimate of drug-likeness (QED) is 0.245. The summed E-state index contributed by atoms with van der Waals surface area (Å²) in [6.07, 6.45) is 1.80. The van der Waals surface area contributed by atoms with Crippen LogP contribution < -0.4 is 9.97 Å². The van der Waals surface area contributed by atoms with Gasteiger partial charge in [0.15, 0.2) is 0 Å². The zero-order chi connectivity index (χ0) is 31.0. The fourth-order valence-electron chi connectivity index (χ4n) is 6.12. The number of allylic oxidation sites excluding steroid dienone is 3. The maximum absolute atomic E-state index is 11.6. The third-order valence-corrected chi connectivity index (χ3v) is 8.52. The van der Waals surface area contributed by atoms with E-state index < -0.39 is 11.9 Å². The molecule has 10 heteroatoms. The molecule has 3 aromatic rings. The molecular weight excluding hydrogens is 600 g/mol. The molecule has 0 radical (unpaired) electrons. The Kier molecular flexibility index (Phi) is 9.98. The normalized spacial score (nSPS) is 13.0. The van der Waals surface area contributed by atoms with Crippen LogP contribution in [-0.4, -0.2) is 43.8 Å². The summed E-state index contributed by atoms with van der Waals surface area (Å²) >= 11 is 0. The van der Waals surface area contributed by atoms with E-state index in [1.807, 2.05) is 25.1 Å². The Labute approximate surface area is 266 Å². The molecule has 0 saturated heterocycles. The van der Waals surface area contributed by atoms with E-state index in [0.29, 0.717) is 33.6 Å². The number of carbonyl (C=O) groups is 2. The Hall–Kier alpha value is -3.98. The van der Waals surface area contributed by atoms with Crippen molar-refractivity contribution in [1.82, 2.24) is 19.9 Å². The largest absolute Gasteiger partial charge is 2.00 e. The summed E-state index contributed by atoms with van der Waals surface area (Å²) in [7, 11) is 0. The van der Waals surface area contributed by atoms with E-state index in [4.69, 9.17) is 19.9 Å². The molecule has 5 rings (SSSR count). The van der Waals surface area contributed by atoms with E-state index in [1.54, 1.807) is 6.07 Å². The minimum Gasteiger partial charge on any atom is -0.657 e. The second kappa shape index (κ2) is 13.3. The van der Waals surface area contributed by atoms with Crippen molar-refractivity contribution < 1.29 is 42.0 Å². The minimum absolute atomic E-state index is 0. The van der Waals surface area contributed by atoms with E-state index in [9.17, 15) is 24.9 Å². The first-order valence-corrected chi connectivity index (χ1v) is 14.7. The molecule has 2 aliphatic rings. The van der Waals surface area contributed by atoms with Crippen molar-refractivity contribution >= 4 is 56.3 Å². The second-order valence-electron chi connectivity index (χ2n) is 11.0. The van der Waals surface area contributed by atoms with Crippen LogP contribution in [0.5, 0.6) is 0 Å². The van der Waals surface area contributed by atoms with Crippen molar-refractivity contribution in [2.75, 3.05) is 6.61 Å². The average Bonchev–Trinajstić information content (AvgIpc) is 3.63. The number of nitrogens with zero attached hydrogens (tertiary/aromatic N) is 4. The van der Waals surface area contributed by atoms with Gasteiger partial charge in [-0.1, -0.05) is 60.4 Å². The van der Waals surface area contributed by atoms with E-state index >= 15 is 0 Å². The van der Waals surface area contributed by atoms with Crippen molar-refractivity contribution in [1.29, 1.82) is 0 Å². The second-order valence-corrected chi connectivity index (χ2v) is 11.0. The topological polar surface area (TPSA) is 149 Å². The monoisotopic (exact) mass is 636 g/mol. The fourth-order valence-corrected chi connectivity index (χ4v) is 6.12. The van der Waals surface area contributed by atoms with Crippen molar-refractivity contribution in [3.8, 4) is 0 Å². The van der Waals surface area contributed by atoms with Crippen LogP contribution >= 0.6 is 0 Å². The van der Waals surface area contributed by atoms with Gasteiger partial charge in [-0.2, -0.15) is 0 Å². The number of aliphatic hydroxyl groups excluding tert-OH is 1. The van der Waals surface area contributed by atoms with E-state index in [0.717, 1.165) is 68.7 Å². The number of aryl methyl sites for hydroxylation is 4. The van der Waals surface area contributed by atoms with Gasteiger partial charge in [-0.3, -0.25) is 9.59 Å². The van der Waals surface area contributed by atoms with Gasteiger partial charge < -0.3 is 25.3 Å². The number of hydrogen-bond donors (Lipinski definition) is 3. The Morgan fingerprint density at radius 1 is 0.659 bits per heavy atom. The summed E-state index contributed by atoms with van der Waals surface area (Å²) in [6, 6.07) is 7.63. The van der Waals surface area contributed by atoms with E-state index in [2.05, 4.69) is 27.7 Å². The summed E-state index contributed by atoms with van der Waals surface area (Å²) in [5.74, 6) is -1.86. The molecule has 0 aromatic carbocycles. The van der Waals surface area contributed by atoms with Gasteiger partial charge in [-0.25, -0.2) is 9.97 Å². The molecule has 9 nitrogen and oxygen atoms in total. The molecule has 0 saturated carbocycles. The smallest absolute Gasteiger partial charge is 0.657 e. The molecule has 2 aliphatic heterocycles. The predicted octanol–water partition coefficient (Wildman–Crippen LogP) is 5.88. The molecule has 0 amide bonds. The number of carboxylic acid groups (broad SMARTS) is 2. The van der Waals surface area contributed by atoms with Crippen LogP contribution in [0.15, 0.2) is 24.3 Å². The van der Waals surface area contributed by atoms with Crippen LogP contribution in [0.4, 0.5) is 0 Å².